The third kappa shape index (κ3) is 4.20. The van der Waals surface area contributed by atoms with Gasteiger partial charge in [-0.1, -0.05) is 25.5 Å². The van der Waals surface area contributed by atoms with Crippen LogP contribution in [0.25, 0.3) is 0 Å². The summed E-state index contributed by atoms with van der Waals surface area (Å²) in [4.78, 5) is 13.5. The van der Waals surface area contributed by atoms with E-state index in [9.17, 15) is 9.90 Å². The normalized spacial score (nSPS) is 45.6. The number of rotatable bonds is 4. The van der Waals surface area contributed by atoms with Crippen LogP contribution in [0, 0.1) is 28.6 Å². The maximum absolute atomic E-state index is 13.5. The van der Waals surface area contributed by atoms with Crippen molar-refractivity contribution in [1.29, 1.82) is 0 Å². The van der Waals surface area contributed by atoms with E-state index in [-0.39, 0.29) is 23.2 Å². The number of hydrogen-bond donors (Lipinski definition) is 1. The third-order valence-corrected chi connectivity index (χ3v) is 10.8. The first kappa shape index (κ1) is 23.9. The molecule has 0 aliphatic heterocycles. The van der Waals surface area contributed by atoms with Gasteiger partial charge in [0.2, 0.25) is 0 Å². The summed E-state index contributed by atoms with van der Waals surface area (Å²) in [5.74, 6) is 1.19. The van der Waals surface area contributed by atoms with Crippen LogP contribution in [0.2, 0.25) is 39.3 Å². The van der Waals surface area contributed by atoms with E-state index >= 15 is 0 Å². The Morgan fingerprint density at radius 3 is 2.29 bits per heavy atom. The lowest BCUT2D eigenvalue weighted by atomic mass is 9.47. The Morgan fingerprint density at radius 2 is 1.68 bits per heavy atom. The molecule has 3 fully saturated rings. The highest BCUT2D eigenvalue weighted by atomic mass is 28.4. The molecule has 0 aromatic carbocycles. The molecule has 6 heteroatoms. The van der Waals surface area contributed by atoms with Crippen LogP contribution < -0.4 is 0 Å². The van der Waals surface area contributed by atoms with Crippen LogP contribution in [-0.2, 0) is 13.6 Å². The molecule has 0 amide bonds. The van der Waals surface area contributed by atoms with Gasteiger partial charge >= 0.3 is 0 Å². The first-order chi connectivity index (χ1) is 14.1. The van der Waals surface area contributed by atoms with Crippen LogP contribution in [0.15, 0.2) is 11.6 Å². The molecule has 4 nitrogen and oxygen atoms in total. The molecule has 176 valence electrons. The van der Waals surface area contributed by atoms with Crippen LogP contribution in [0.4, 0.5) is 0 Å². The Morgan fingerprint density at radius 1 is 1.03 bits per heavy atom. The molecule has 0 aromatic heterocycles. The predicted molar refractivity (Wildman–Crippen MR) is 130 cm³/mol. The summed E-state index contributed by atoms with van der Waals surface area (Å²) in [7, 11) is -3.36. The van der Waals surface area contributed by atoms with Gasteiger partial charge < -0.3 is 14.0 Å². The van der Waals surface area contributed by atoms with Crippen LogP contribution in [0.1, 0.15) is 52.4 Å². The number of carbonyl (C=O) groups is 1. The molecular weight excluding hydrogens is 420 g/mol. The molecule has 4 aliphatic rings. The van der Waals surface area contributed by atoms with Gasteiger partial charge in [0.05, 0.1) is 6.10 Å². The quantitative estimate of drug-likeness (QED) is 0.438. The SMILES string of the molecule is C[C@]12CC[C@H](O[Si](C)(C)C)CC1=CC[C@@H]1[C@@H]2[C@@H](O)C[C@]2(C)C(=O)[C@H](O[Si](C)(C)C)C[C@@H]12. The number of hydrogen-bond acceptors (Lipinski definition) is 4. The Bertz CT molecular complexity index is 766. The summed E-state index contributed by atoms with van der Waals surface area (Å²) >= 11 is 0. The van der Waals surface area contributed by atoms with Crippen LogP contribution in [0.5, 0.6) is 0 Å². The second kappa shape index (κ2) is 7.62. The van der Waals surface area contributed by atoms with Crippen molar-refractivity contribution in [2.75, 3.05) is 0 Å². The maximum atomic E-state index is 13.5. The minimum absolute atomic E-state index is 0.0315. The molecule has 0 unspecified atom stereocenters. The Labute approximate surface area is 191 Å². The van der Waals surface area contributed by atoms with Crippen molar-refractivity contribution in [3.05, 3.63) is 11.6 Å². The molecular formula is C25H44O4Si2. The van der Waals surface area contributed by atoms with Gasteiger partial charge in [-0.2, -0.15) is 0 Å². The zero-order valence-corrected chi connectivity index (χ0v) is 23.0. The van der Waals surface area contributed by atoms with Crippen molar-refractivity contribution in [3.63, 3.8) is 0 Å². The summed E-state index contributed by atoms with van der Waals surface area (Å²) in [5.41, 5.74) is 1.10. The van der Waals surface area contributed by atoms with Gasteiger partial charge in [0.25, 0.3) is 0 Å². The molecule has 0 radical (unpaired) electrons. The largest absolute Gasteiger partial charge is 0.414 e. The van der Waals surface area contributed by atoms with Gasteiger partial charge in [-0.3, -0.25) is 4.79 Å². The molecule has 0 spiro atoms. The fourth-order valence-electron chi connectivity index (χ4n) is 7.66. The molecule has 0 saturated heterocycles. The highest BCUT2D eigenvalue weighted by molar-refractivity contribution is 6.70. The molecule has 0 heterocycles. The van der Waals surface area contributed by atoms with E-state index in [1.807, 2.05) is 0 Å². The van der Waals surface area contributed by atoms with Crippen molar-refractivity contribution >= 4 is 22.4 Å². The minimum atomic E-state index is -1.80. The van der Waals surface area contributed by atoms with Crippen LogP contribution in [0.3, 0.4) is 0 Å². The van der Waals surface area contributed by atoms with E-state index < -0.39 is 28.2 Å². The number of carbonyl (C=O) groups excluding carboxylic acids is 1. The molecule has 4 aliphatic carbocycles. The molecule has 8 atom stereocenters. The van der Waals surface area contributed by atoms with Gasteiger partial charge in [-0.05, 0) is 101 Å². The first-order valence-electron chi connectivity index (χ1n) is 12.4. The van der Waals surface area contributed by atoms with Crippen molar-refractivity contribution in [2.45, 2.75) is 110 Å². The van der Waals surface area contributed by atoms with E-state index in [0.29, 0.717) is 24.4 Å². The summed E-state index contributed by atoms with van der Waals surface area (Å²) in [5, 5.41) is 11.5. The molecule has 4 rings (SSSR count). The van der Waals surface area contributed by atoms with Gasteiger partial charge in [-0.15, -0.1) is 0 Å². The van der Waals surface area contributed by atoms with Crippen molar-refractivity contribution in [1.82, 2.24) is 0 Å². The Kier molecular flexibility index (Phi) is 5.87. The van der Waals surface area contributed by atoms with Crippen molar-refractivity contribution in [2.24, 2.45) is 28.6 Å². The monoisotopic (exact) mass is 464 g/mol. The lowest BCUT2D eigenvalue weighted by Gasteiger charge is -2.58. The number of ketones is 1. The molecule has 0 bridgehead atoms. The fraction of sp³-hybridized carbons (Fsp3) is 0.880. The average molecular weight is 465 g/mol. The Hall–Kier alpha value is -0.276. The van der Waals surface area contributed by atoms with E-state index in [0.717, 1.165) is 32.1 Å². The summed E-state index contributed by atoms with van der Waals surface area (Å²) < 4.78 is 12.8. The van der Waals surface area contributed by atoms with E-state index in [2.05, 4.69) is 59.2 Å². The lowest BCUT2D eigenvalue weighted by Crippen LogP contribution is -2.56. The van der Waals surface area contributed by atoms with Gasteiger partial charge in [0.1, 0.15) is 6.10 Å². The van der Waals surface area contributed by atoms with Gasteiger partial charge in [0, 0.05) is 11.5 Å². The second-order valence-corrected chi connectivity index (χ2v) is 22.2. The summed E-state index contributed by atoms with van der Waals surface area (Å²) in [6.45, 7) is 17.8. The van der Waals surface area contributed by atoms with Gasteiger partial charge in [-0.25, -0.2) is 0 Å². The second-order valence-electron chi connectivity index (χ2n) is 13.3. The molecule has 3 saturated carbocycles. The van der Waals surface area contributed by atoms with Crippen LogP contribution >= 0.6 is 0 Å². The molecule has 1 N–H and O–H groups in total. The number of aliphatic hydroxyl groups is 1. The smallest absolute Gasteiger partial charge is 0.184 e. The zero-order chi connectivity index (χ0) is 23.0. The highest BCUT2D eigenvalue weighted by Gasteiger charge is 2.64. The zero-order valence-electron chi connectivity index (χ0n) is 21.0. The first-order valence-corrected chi connectivity index (χ1v) is 19.2. The van der Waals surface area contributed by atoms with E-state index in [1.54, 1.807) is 0 Å². The minimum Gasteiger partial charge on any atom is -0.414 e. The lowest BCUT2D eigenvalue weighted by molar-refractivity contribution is -0.147. The van der Waals surface area contributed by atoms with Crippen molar-refractivity contribution < 1.29 is 18.8 Å². The fourth-order valence-corrected chi connectivity index (χ4v) is 9.92. The number of allylic oxidation sites excluding steroid dienone is 1. The average Bonchev–Trinajstić information content (AvgIpc) is 2.83. The van der Waals surface area contributed by atoms with Crippen molar-refractivity contribution in [3.8, 4) is 0 Å². The maximum Gasteiger partial charge on any atom is 0.184 e. The van der Waals surface area contributed by atoms with E-state index in [1.165, 1.54) is 5.57 Å². The number of Topliss-reactive ketones (excluding diaryl/α,β-unsaturated/α-hetero) is 1. The highest BCUT2D eigenvalue weighted by Crippen LogP contribution is 2.64. The predicted octanol–water partition coefficient (Wildman–Crippen LogP) is 5.54. The summed E-state index contributed by atoms with van der Waals surface area (Å²) in [6.07, 6.45) is 7.71. The molecule has 31 heavy (non-hydrogen) atoms. The third-order valence-electron chi connectivity index (χ3n) is 8.72. The number of aliphatic hydroxyl groups excluding tert-OH is 1. The van der Waals surface area contributed by atoms with Gasteiger partial charge in [0.15, 0.2) is 22.4 Å². The Balaban J connectivity index is 1.61. The summed E-state index contributed by atoms with van der Waals surface area (Å²) in [6, 6.07) is 0. The van der Waals surface area contributed by atoms with E-state index in [4.69, 9.17) is 8.85 Å². The number of fused-ring (bicyclic) bond motifs is 5. The standard InChI is InChI=1S/C25H44O4Si2/c1-24-12-11-17(28-30(3,4)5)13-16(24)9-10-18-19-14-21(29-31(6,7)8)23(27)25(19,2)15-20(26)22(18)24/h9,17-22,26H,10-15H2,1-8H3/t17-,18-,19-,20-,21+,22+,24-,25-/m0/s1. The topological polar surface area (TPSA) is 55.8 Å². The van der Waals surface area contributed by atoms with Crippen LogP contribution in [-0.4, -0.2) is 45.8 Å². The molecule has 0 aromatic rings.